The molecule has 0 saturated carbocycles. The van der Waals surface area contributed by atoms with Crippen LogP contribution in [0.3, 0.4) is 0 Å². The second-order valence-corrected chi connectivity index (χ2v) is 7.35. The minimum atomic E-state index is -0.331. The zero-order valence-electron chi connectivity index (χ0n) is 14.5. The van der Waals surface area contributed by atoms with Crippen LogP contribution in [0.1, 0.15) is 38.4 Å². The summed E-state index contributed by atoms with van der Waals surface area (Å²) in [4.78, 5) is 39.6. The molecule has 136 valence electrons. The van der Waals surface area contributed by atoms with Gasteiger partial charge in [-0.3, -0.25) is 19.3 Å². The smallest absolute Gasteiger partial charge is 0.306 e. The molecule has 0 radical (unpaired) electrons. The molecule has 4 rings (SSSR count). The number of thiophene rings is 1. The largest absolute Gasteiger partial charge is 0.460 e. The number of imide groups is 1. The van der Waals surface area contributed by atoms with Gasteiger partial charge in [-0.1, -0.05) is 30.3 Å². The molecule has 2 heterocycles. The van der Waals surface area contributed by atoms with Crippen LogP contribution in [0.2, 0.25) is 0 Å². The van der Waals surface area contributed by atoms with Crippen molar-refractivity contribution in [1.82, 2.24) is 4.90 Å². The zero-order valence-corrected chi connectivity index (χ0v) is 15.3. The molecule has 0 unspecified atom stereocenters. The third-order valence-electron chi connectivity index (χ3n) is 4.57. The van der Waals surface area contributed by atoms with Gasteiger partial charge in [0.1, 0.15) is 6.61 Å². The summed E-state index contributed by atoms with van der Waals surface area (Å²) in [5.41, 5.74) is 1.06. The van der Waals surface area contributed by atoms with Gasteiger partial charge in [0.2, 0.25) is 0 Å². The SMILES string of the molecule is O=C(CCCN1C(=O)c2cccc3cccc(c23)C1=O)OCc1cccs1. The lowest BCUT2D eigenvalue weighted by atomic mass is 9.94. The maximum Gasteiger partial charge on any atom is 0.306 e. The summed E-state index contributed by atoms with van der Waals surface area (Å²) in [5, 5.41) is 3.51. The van der Waals surface area contributed by atoms with Crippen molar-refractivity contribution in [2.45, 2.75) is 19.4 Å². The lowest BCUT2D eigenvalue weighted by Crippen LogP contribution is -2.41. The Balaban J connectivity index is 1.41. The van der Waals surface area contributed by atoms with Crippen LogP contribution in [0.5, 0.6) is 0 Å². The van der Waals surface area contributed by atoms with Crippen LogP contribution in [-0.4, -0.2) is 29.2 Å². The van der Waals surface area contributed by atoms with Gasteiger partial charge in [-0.2, -0.15) is 0 Å². The molecular weight excluding hydrogens is 362 g/mol. The number of nitrogens with zero attached hydrogens (tertiary/aromatic N) is 1. The van der Waals surface area contributed by atoms with E-state index in [1.165, 1.54) is 16.2 Å². The molecule has 27 heavy (non-hydrogen) atoms. The zero-order chi connectivity index (χ0) is 18.8. The van der Waals surface area contributed by atoms with Gasteiger partial charge in [0.15, 0.2) is 0 Å². The number of amides is 2. The van der Waals surface area contributed by atoms with E-state index < -0.39 is 0 Å². The highest BCUT2D eigenvalue weighted by Gasteiger charge is 2.32. The van der Waals surface area contributed by atoms with Crippen LogP contribution in [0.4, 0.5) is 0 Å². The molecule has 6 heteroatoms. The molecule has 0 atom stereocenters. The van der Waals surface area contributed by atoms with Crippen molar-refractivity contribution in [3.63, 3.8) is 0 Å². The number of hydrogen-bond acceptors (Lipinski definition) is 5. The van der Waals surface area contributed by atoms with Crippen molar-refractivity contribution in [3.8, 4) is 0 Å². The van der Waals surface area contributed by atoms with Gasteiger partial charge < -0.3 is 4.74 Å². The second-order valence-electron chi connectivity index (χ2n) is 6.31. The Morgan fingerprint density at radius 3 is 2.30 bits per heavy atom. The average molecular weight is 379 g/mol. The minimum Gasteiger partial charge on any atom is -0.460 e. The Labute approximate surface area is 160 Å². The normalized spacial score (nSPS) is 13.3. The molecule has 0 fully saturated rings. The summed E-state index contributed by atoms with van der Waals surface area (Å²) in [7, 11) is 0. The fourth-order valence-electron chi connectivity index (χ4n) is 3.28. The topological polar surface area (TPSA) is 63.7 Å². The predicted octanol–water partition coefficient (Wildman–Crippen LogP) is 4.02. The van der Waals surface area contributed by atoms with Crippen molar-refractivity contribution >= 4 is 39.9 Å². The summed E-state index contributed by atoms with van der Waals surface area (Å²) in [5.74, 6) is -0.949. The fraction of sp³-hybridized carbons (Fsp3) is 0.190. The number of carbonyl (C=O) groups is 3. The van der Waals surface area contributed by atoms with E-state index in [0.29, 0.717) is 22.9 Å². The molecule has 1 aliphatic heterocycles. The van der Waals surface area contributed by atoms with E-state index in [2.05, 4.69) is 0 Å². The molecule has 0 spiro atoms. The lowest BCUT2D eigenvalue weighted by Gasteiger charge is -2.27. The Hall–Kier alpha value is -2.99. The van der Waals surface area contributed by atoms with Gasteiger partial charge in [-0.25, -0.2) is 0 Å². The Kier molecular flexibility index (Phi) is 4.73. The van der Waals surface area contributed by atoms with Crippen LogP contribution in [0.15, 0.2) is 53.9 Å². The van der Waals surface area contributed by atoms with Gasteiger partial charge in [-0.15, -0.1) is 11.3 Å². The van der Waals surface area contributed by atoms with Crippen molar-refractivity contribution in [2.75, 3.05) is 6.54 Å². The maximum atomic E-state index is 12.8. The van der Waals surface area contributed by atoms with Crippen molar-refractivity contribution < 1.29 is 19.1 Å². The molecule has 1 aliphatic rings. The van der Waals surface area contributed by atoms with E-state index in [-0.39, 0.29) is 37.4 Å². The van der Waals surface area contributed by atoms with Gasteiger partial charge in [0, 0.05) is 34.4 Å². The van der Waals surface area contributed by atoms with E-state index in [0.717, 1.165) is 10.3 Å². The number of ether oxygens (including phenoxy) is 1. The van der Waals surface area contributed by atoms with E-state index in [4.69, 9.17) is 4.74 Å². The highest BCUT2D eigenvalue weighted by Crippen LogP contribution is 2.30. The van der Waals surface area contributed by atoms with Crippen LogP contribution < -0.4 is 0 Å². The van der Waals surface area contributed by atoms with Gasteiger partial charge >= 0.3 is 5.97 Å². The van der Waals surface area contributed by atoms with E-state index in [9.17, 15) is 14.4 Å². The predicted molar refractivity (Wildman–Crippen MR) is 103 cm³/mol. The number of hydrogen-bond donors (Lipinski definition) is 0. The molecule has 5 nitrogen and oxygen atoms in total. The number of benzene rings is 2. The summed E-state index contributed by atoms with van der Waals surface area (Å²) in [6.07, 6.45) is 0.535. The summed E-state index contributed by atoms with van der Waals surface area (Å²) >= 11 is 1.53. The van der Waals surface area contributed by atoms with Gasteiger partial charge in [0.25, 0.3) is 11.8 Å². The van der Waals surface area contributed by atoms with E-state index >= 15 is 0 Å². The molecule has 2 amide bonds. The highest BCUT2D eigenvalue weighted by molar-refractivity contribution is 7.09. The quantitative estimate of drug-likeness (QED) is 0.479. The highest BCUT2D eigenvalue weighted by atomic mass is 32.1. The van der Waals surface area contributed by atoms with Crippen molar-refractivity contribution in [1.29, 1.82) is 0 Å². The molecule has 2 aromatic carbocycles. The molecule has 0 saturated heterocycles. The summed E-state index contributed by atoms with van der Waals surface area (Å²) in [6, 6.07) is 14.7. The monoisotopic (exact) mass is 379 g/mol. The Morgan fingerprint density at radius 1 is 0.963 bits per heavy atom. The third-order valence-corrected chi connectivity index (χ3v) is 5.42. The third kappa shape index (κ3) is 3.36. The Bertz CT molecular complexity index is 975. The van der Waals surface area contributed by atoms with Crippen LogP contribution in [-0.2, 0) is 16.1 Å². The fourth-order valence-corrected chi connectivity index (χ4v) is 3.90. The van der Waals surface area contributed by atoms with Crippen LogP contribution in [0.25, 0.3) is 10.8 Å². The van der Waals surface area contributed by atoms with E-state index in [1.807, 2.05) is 41.8 Å². The maximum absolute atomic E-state index is 12.8. The lowest BCUT2D eigenvalue weighted by molar-refractivity contribution is -0.145. The van der Waals surface area contributed by atoms with Gasteiger partial charge in [0.05, 0.1) is 0 Å². The minimum absolute atomic E-state index is 0.161. The number of rotatable bonds is 6. The summed E-state index contributed by atoms with van der Waals surface area (Å²) < 4.78 is 5.22. The van der Waals surface area contributed by atoms with Gasteiger partial charge in [-0.05, 0) is 35.4 Å². The Morgan fingerprint density at radius 2 is 1.67 bits per heavy atom. The molecule has 1 aromatic heterocycles. The molecule has 0 aliphatic carbocycles. The molecule has 3 aromatic rings. The van der Waals surface area contributed by atoms with Crippen LogP contribution >= 0.6 is 11.3 Å². The average Bonchev–Trinajstić information content (AvgIpc) is 3.20. The molecule has 0 bridgehead atoms. The van der Waals surface area contributed by atoms with Crippen LogP contribution in [0, 0.1) is 0 Å². The first-order valence-electron chi connectivity index (χ1n) is 8.71. The standard InChI is InChI=1S/C21H17NO4S/c23-18(26-13-15-7-4-12-27-15)10-3-11-22-20(24)16-8-1-5-14-6-2-9-17(19(14)16)21(22)25/h1-2,4-9,12H,3,10-11,13H2. The van der Waals surface area contributed by atoms with Crippen molar-refractivity contribution in [3.05, 3.63) is 69.9 Å². The molecular formula is C21H17NO4S. The first-order chi connectivity index (χ1) is 13.1. The van der Waals surface area contributed by atoms with Crippen molar-refractivity contribution in [2.24, 2.45) is 0 Å². The first-order valence-corrected chi connectivity index (χ1v) is 9.59. The number of carbonyl (C=O) groups excluding carboxylic acids is 3. The second kappa shape index (κ2) is 7.32. The van der Waals surface area contributed by atoms with E-state index in [1.54, 1.807) is 12.1 Å². The number of esters is 1. The first kappa shape index (κ1) is 17.4. The molecule has 0 N–H and O–H groups in total. The summed E-state index contributed by atoms with van der Waals surface area (Å²) in [6.45, 7) is 0.448.